The molecule has 0 unspecified atom stereocenters. The van der Waals surface area contributed by atoms with Crippen LogP contribution in [0.2, 0.25) is 0 Å². The van der Waals surface area contributed by atoms with Gasteiger partial charge in [0.2, 0.25) is 0 Å². The third-order valence-corrected chi connectivity index (χ3v) is 5.63. The van der Waals surface area contributed by atoms with Crippen LogP contribution in [0.1, 0.15) is 32.2 Å². The van der Waals surface area contributed by atoms with Crippen LogP contribution in [-0.2, 0) is 9.84 Å². The van der Waals surface area contributed by atoms with E-state index in [0.29, 0.717) is 30.6 Å². The summed E-state index contributed by atoms with van der Waals surface area (Å²) in [5.41, 5.74) is 5.63. The number of nitrogens with zero attached hydrogens (tertiary/aromatic N) is 3. The molecular formula is C13H24N4O2S. The lowest BCUT2D eigenvalue weighted by molar-refractivity contribution is 0.188. The van der Waals surface area contributed by atoms with E-state index in [-0.39, 0.29) is 5.75 Å². The number of hydrogen-bond acceptors (Lipinski definition) is 5. The molecule has 1 aromatic heterocycles. The van der Waals surface area contributed by atoms with E-state index in [2.05, 4.69) is 10.00 Å². The lowest BCUT2D eigenvalue weighted by Gasteiger charge is -2.31. The van der Waals surface area contributed by atoms with E-state index < -0.39 is 9.84 Å². The Kier molecular flexibility index (Phi) is 5.04. The Morgan fingerprint density at radius 1 is 1.35 bits per heavy atom. The molecule has 1 fully saturated rings. The Morgan fingerprint density at radius 2 is 2.05 bits per heavy atom. The third-order valence-electron chi connectivity index (χ3n) is 3.79. The molecule has 6 nitrogen and oxygen atoms in total. The molecule has 0 atom stereocenters. The molecule has 1 aromatic rings. The molecule has 20 heavy (non-hydrogen) atoms. The van der Waals surface area contributed by atoms with Crippen LogP contribution in [0.15, 0.2) is 12.3 Å². The van der Waals surface area contributed by atoms with Gasteiger partial charge in [0.15, 0.2) is 9.84 Å². The van der Waals surface area contributed by atoms with Gasteiger partial charge >= 0.3 is 0 Å². The second kappa shape index (κ2) is 6.58. The standard InChI is InChI=1S/C13H24N4O2S/c1-2-10-20(18,19)11-9-16-6-3-12(4-7-16)17-8-5-13(14)15-17/h5,8,12H,2-4,6-7,9-11H2,1H3,(H2,14,15). The zero-order valence-corrected chi connectivity index (χ0v) is 12.8. The van der Waals surface area contributed by atoms with Crippen LogP contribution in [0.4, 0.5) is 5.82 Å². The molecule has 7 heteroatoms. The van der Waals surface area contributed by atoms with E-state index >= 15 is 0 Å². The molecule has 0 bridgehead atoms. The van der Waals surface area contributed by atoms with Gasteiger partial charge in [-0.05, 0) is 25.3 Å². The van der Waals surface area contributed by atoms with Crippen LogP contribution in [0.5, 0.6) is 0 Å². The first kappa shape index (κ1) is 15.3. The summed E-state index contributed by atoms with van der Waals surface area (Å²) in [6.07, 6.45) is 4.61. The molecule has 2 N–H and O–H groups in total. The fraction of sp³-hybridized carbons (Fsp3) is 0.769. The molecule has 2 rings (SSSR count). The second-order valence-corrected chi connectivity index (χ2v) is 7.75. The van der Waals surface area contributed by atoms with Gasteiger partial charge in [-0.25, -0.2) is 8.42 Å². The number of nitrogens with two attached hydrogens (primary N) is 1. The fourth-order valence-electron chi connectivity index (χ4n) is 2.64. The smallest absolute Gasteiger partial charge is 0.151 e. The van der Waals surface area contributed by atoms with Crippen LogP contribution in [0.3, 0.4) is 0 Å². The van der Waals surface area contributed by atoms with Gasteiger partial charge in [0.1, 0.15) is 5.82 Å². The number of rotatable bonds is 6. The van der Waals surface area contributed by atoms with Crippen molar-refractivity contribution in [3.63, 3.8) is 0 Å². The minimum atomic E-state index is -2.87. The zero-order valence-electron chi connectivity index (χ0n) is 12.0. The van der Waals surface area contributed by atoms with Crippen molar-refractivity contribution in [2.24, 2.45) is 0 Å². The van der Waals surface area contributed by atoms with Crippen molar-refractivity contribution in [1.82, 2.24) is 14.7 Å². The summed E-state index contributed by atoms with van der Waals surface area (Å²) < 4.78 is 25.3. The Hall–Kier alpha value is -1.08. The molecular weight excluding hydrogens is 276 g/mol. The Morgan fingerprint density at radius 3 is 2.60 bits per heavy atom. The fourth-order valence-corrected chi connectivity index (χ4v) is 4.01. The first-order chi connectivity index (χ1) is 9.50. The maximum atomic E-state index is 11.7. The molecule has 0 aliphatic carbocycles. The summed E-state index contributed by atoms with van der Waals surface area (Å²) in [4.78, 5) is 2.23. The van der Waals surface area contributed by atoms with E-state index in [1.165, 1.54) is 0 Å². The Labute approximate surface area is 120 Å². The minimum Gasteiger partial charge on any atom is -0.382 e. The number of hydrogen-bond donors (Lipinski definition) is 1. The van der Waals surface area contributed by atoms with Crippen LogP contribution < -0.4 is 5.73 Å². The number of nitrogen functional groups attached to an aromatic ring is 1. The highest BCUT2D eigenvalue weighted by molar-refractivity contribution is 7.91. The summed E-state index contributed by atoms with van der Waals surface area (Å²) in [6, 6.07) is 2.19. The molecule has 2 heterocycles. The van der Waals surface area contributed by atoms with Gasteiger partial charge in [-0.3, -0.25) is 4.68 Å². The van der Waals surface area contributed by atoms with E-state index in [9.17, 15) is 8.42 Å². The maximum Gasteiger partial charge on any atom is 0.151 e. The van der Waals surface area contributed by atoms with Gasteiger partial charge in [-0.1, -0.05) is 6.92 Å². The second-order valence-electron chi connectivity index (χ2n) is 5.45. The Bertz CT molecular complexity index is 518. The average Bonchev–Trinajstić information content (AvgIpc) is 2.84. The van der Waals surface area contributed by atoms with Crippen molar-refractivity contribution in [3.8, 4) is 0 Å². The zero-order chi connectivity index (χ0) is 14.6. The topological polar surface area (TPSA) is 81.2 Å². The monoisotopic (exact) mass is 300 g/mol. The van der Waals surface area contributed by atoms with Crippen molar-refractivity contribution < 1.29 is 8.42 Å². The predicted molar refractivity (Wildman–Crippen MR) is 80.3 cm³/mol. The van der Waals surface area contributed by atoms with E-state index in [0.717, 1.165) is 25.9 Å². The van der Waals surface area contributed by atoms with Gasteiger partial charge in [-0.15, -0.1) is 0 Å². The van der Waals surface area contributed by atoms with Crippen LogP contribution in [0.25, 0.3) is 0 Å². The van der Waals surface area contributed by atoms with Gasteiger partial charge in [-0.2, -0.15) is 5.10 Å². The van der Waals surface area contributed by atoms with Crippen LogP contribution in [0, 0.1) is 0 Å². The first-order valence-electron chi connectivity index (χ1n) is 7.23. The number of aromatic nitrogens is 2. The van der Waals surface area contributed by atoms with Crippen molar-refractivity contribution >= 4 is 15.7 Å². The van der Waals surface area contributed by atoms with Crippen molar-refractivity contribution in [2.75, 3.05) is 36.9 Å². The van der Waals surface area contributed by atoms with Crippen molar-refractivity contribution in [3.05, 3.63) is 12.3 Å². The SMILES string of the molecule is CCCS(=O)(=O)CCN1CCC(n2ccc(N)n2)CC1. The number of piperidine rings is 1. The van der Waals surface area contributed by atoms with Crippen LogP contribution in [-0.4, -0.2) is 54.2 Å². The summed E-state index contributed by atoms with van der Waals surface area (Å²) in [7, 11) is -2.87. The largest absolute Gasteiger partial charge is 0.382 e. The summed E-state index contributed by atoms with van der Waals surface area (Å²) in [5, 5.41) is 4.25. The molecule has 0 saturated carbocycles. The molecule has 1 aliphatic rings. The summed E-state index contributed by atoms with van der Waals surface area (Å²) >= 11 is 0. The lowest BCUT2D eigenvalue weighted by atomic mass is 10.1. The van der Waals surface area contributed by atoms with Crippen molar-refractivity contribution in [1.29, 1.82) is 0 Å². The van der Waals surface area contributed by atoms with Gasteiger partial charge in [0.25, 0.3) is 0 Å². The van der Waals surface area contributed by atoms with Crippen molar-refractivity contribution in [2.45, 2.75) is 32.2 Å². The first-order valence-corrected chi connectivity index (χ1v) is 9.06. The lowest BCUT2D eigenvalue weighted by Crippen LogP contribution is -2.38. The highest BCUT2D eigenvalue weighted by Gasteiger charge is 2.22. The molecule has 0 aromatic carbocycles. The van der Waals surface area contributed by atoms with Gasteiger partial charge in [0.05, 0.1) is 11.8 Å². The summed E-state index contributed by atoms with van der Waals surface area (Å²) in [6.45, 7) is 4.40. The predicted octanol–water partition coefficient (Wildman–Crippen LogP) is 0.927. The highest BCUT2D eigenvalue weighted by atomic mass is 32.2. The molecule has 0 radical (unpaired) electrons. The molecule has 114 valence electrons. The van der Waals surface area contributed by atoms with E-state index in [1.54, 1.807) is 0 Å². The number of anilines is 1. The quantitative estimate of drug-likeness (QED) is 0.845. The number of likely N-dealkylation sites (tertiary alicyclic amines) is 1. The molecule has 0 amide bonds. The Balaban J connectivity index is 1.77. The van der Waals surface area contributed by atoms with E-state index in [4.69, 9.17) is 5.73 Å². The number of sulfone groups is 1. The molecule has 0 spiro atoms. The van der Waals surface area contributed by atoms with Gasteiger partial charge in [0, 0.05) is 31.6 Å². The van der Waals surface area contributed by atoms with Gasteiger partial charge < -0.3 is 10.6 Å². The molecule has 1 aliphatic heterocycles. The van der Waals surface area contributed by atoms with E-state index in [1.807, 2.05) is 23.9 Å². The van der Waals surface area contributed by atoms with Crippen LogP contribution >= 0.6 is 0 Å². The highest BCUT2D eigenvalue weighted by Crippen LogP contribution is 2.22. The normalized spacial score (nSPS) is 18.4. The third kappa shape index (κ3) is 4.21. The minimum absolute atomic E-state index is 0.278. The average molecular weight is 300 g/mol. The maximum absolute atomic E-state index is 11.7. The molecule has 1 saturated heterocycles. The summed E-state index contributed by atoms with van der Waals surface area (Å²) in [5.74, 6) is 1.13.